The van der Waals surface area contributed by atoms with E-state index in [1.54, 1.807) is 24.4 Å². The van der Waals surface area contributed by atoms with Gasteiger partial charge in [0.15, 0.2) is 0 Å². The van der Waals surface area contributed by atoms with Gasteiger partial charge in [-0.2, -0.15) is 4.99 Å². The molecule has 108 valence electrons. The average Bonchev–Trinajstić information content (AvgIpc) is 2.88. The van der Waals surface area contributed by atoms with Crippen molar-refractivity contribution in [3.05, 3.63) is 54.0 Å². The molecule has 1 atom stereocenters. The van der Waals surface area contributed by atoms with Crippen LogP contribution in [0, 0.1) is 5.82 Å². The van der Waals surface area contributed by atoms with Crippen LogP contribution in [0.15, 0.2) is 52.6 Å². The van der Waals surface area contributed by atoms with E-state index in [2.05, 4.69) is 9.98 Å². The van der Waals surface area contributed by atoms with Crippen molar-refractivity contribution >= 4 is 35.1 Å². The smallest absolute Gasteiger partial charge is 0.272 e. The monoisotopic (exact) mass is 313 g/mol. The Kier molecular flexibility index (Phi) is 2.83. The summed E-state index contributed by atoms with van der Waals surface area (Å²) in [7, 11) is 0. The number of carbonyl (C=O) groups excluding carboxylic acids is 2. The molecular weight excluding hydrogens is 305 g/mol. The highest BCUT2D eigenvalue weighted by Crippen LogP contribution is 2.39. The molecule has 0 N–H and O–H groups in total. The van der Waals surface area contributed by atoms with Crippen LogP contribution in [-0.4, -0.2) is 27.9 Å². The van der Waals surface area contributed by atoms with Crippen LogP contribution in [0.2, 0.25) is 0 Å². The van der Waals surface area contributed by atoms with Gasteiger partial charge in [0.25, 0.3) is 5.91 Å². The van der Waals surface area contributed by atoms with Gasteiger partial charge >= 0.3 is 6.03 Å². The van der Waals surface area contributed by atoms with Gasteiger partial charge in [0.1, 0.15) is 16.1 Å². The van der Waals surface area contributed by atoms with E-state index in [-0.39, 0.29) is 5.69 Å². The maximum atomic E-state index is 13.9. The van der Waals surface area contributed by atoms with Gasteiger partial charge in [0, 0.05) is 11.8 Å². The standard InChI is InChI=1S/C15H8FN3O2S/c16-9-5-1-2-6-10(9)19-14(20)12-11(18-15(19)21)8-4-3-7-17-13(8)22-12/h1-7,12H. The largest absolute Gasteiger partial charge is 0.355 e. The summed E-state index contributed by atoms with van der Waals surface area (Å²) in [5.74, 6) is -1.13. The lowest BCUT2D eigenvalue weighted by molar-refractivity contribution is -0.116. The average molecular weight is 313 g/mol. The second kappa shape index (κ2) is 4.74. The van der Waals surface area contributed by atoms with Crippen LogP contribution in [0.25, 0.3) is 0 Å². The Morgan fingerprint density at radius 1 is 1.14 bits per heavy atom. The number of nitrogens with zero attached hydrogens (tertiary/aromatic N) is 3. The van der Waals surface area contributed by atoms with Gasteiger partial charge in [0.05, 0.1) is 11.4 Å². The van der Waals surface area contributed by atoms with Crippen molar-refractivity contribution in [2.75, 3.05) is 4.90 Å². The molecule has 0 saturated heterocycles. The molecule has 1 aromatic carbocycles. The molecule has 22 heavy (non-hydrogen) atoms. The Morgan fingerprint density at radius 3 is 2.77 bits per heavy atom. The highest BCUT2D eigenvalue weighted by atomic mass is 32.2. The first-order valence-corrected chi connectivity index (χ1v) is 7.38. The predicted molar refractivity (Wildman–Crippen MR) is 79.7 cm³/mol. The van der Waals surface area contributed by atoms with Crippen LogP contribution in [-0.2, 0) is 4.79 Å². The first-order valence-electron chi connectivity index (χ1n) is 6.50. The van der Waals surface area contributed by atoms with E-state index in [0.717, 1.165) is 4.90 Å². The first kappa shape index (κ1) is 13.1. The molecule has 2 aliphatic heterocycles. The molecule has 0 saturated carbocycles. The Labute approximate surface area is 128 Å². The summed E-state index contributed by atoms with van der Waals surface area (Å²) >= 11 is 1.23. The number of hydrogen-bond donors (Lipinski definition) is 0. The number of benzene rings is 1. The van der Waals surface area contributed by atoms with E-state index in [1.807, 2.05) is 0 Å². The summed E-state index contributed by atoms with van der Waals surface area (Å²) < 4.78 is 13.9. The lowest BCUT2D eigenvalue weighted by atomic mass is 10.1. The van der Waals surface area contributed by atoms with Gasteiger partial charge in [-0.15, -0.1) is 0 Å². The van der Waals surface area contributed by atoms with Crippen molar-refractivity contribution in [3.63, 3.8) is 0 Å². The van der Waals surface area contributed by atoms with Crippen LogP contribution < -0.4 is 4.90 Å². The quantitative estimate of drug-likeness (QED) is 0.812. The second-order valence-electron chi connectivity index (χ2n) is 4.76. The molecule has 3 heterocycles. The number of imide groups is 1. The lowest BCUT2D eigenvalue weighted by Gasteiger charge is -2.26. The minimum Gasteiger partial charge on any atom is -0.272 e. The molecule has 1 aromatic heterocycles. The van der Waals surface area contributed by atoms with E-state index < -0.39 is 23.0 Å². The van der Waals surface area contributed by atoms with Gasteiger partial charge < -0.3 is 0 Å². The van der Waals surface area contributed by atoms with Crippen molar-refractivity contribution in [2.45, 2.75) is 10.3 Å². The van der Waals surface area contributed by atoms with Crippen LogP contribution in [0.4, 0.5) is 14.9 Å². The number of para-hydroxylation sites is 1. The molecule has 2 aliphatic rings. The number of urea groups is 1. The zero-order valence-electron chi connectivity index (χ0n) is 11.1. The third kappa shape index (κ3) is 1.79. The highest BCUT2D eigenvalue weighted by molar-refractivity contribution is 8.02. The zero-order chi connectivity index (χ0) is 15.3. The Hall–Kier alpha value is -2.54. The van der Waals surface area contributed by atoms with Crippen LogP contribution in [0.1, 0.15) is 5.56 Å². The minimum absolute atomic E-state index is 0.0789. The molecule has 0 spiro atoms. The summed E-state index contributed by atoms with van der Waals surface area (Å²) in [6.07, 6.45) is 1.62. The van der Waals surface area contributed by atoms with E-state index in [9.17, 15) is 14.0 Å². The number of anilines is 1. The summed E-state index contributed by atoms with van der Waals surface area (Å²) in [5, 5.41) is -0.00927. The Balaban J connectivity index is 1.82. The van der Waals surface area contributed by atoms with Gasteiger partial charge in [-0.3, -0.25) is 4.79 Å². The Morgan fingerprint density at radius 2 is 1.95 bits per heavy atom. The van der Waals surface area contributed by atoms with E-state index in [4.69, 9.17) is 0 Å². The normalized spacial score (nSPS) is 19.8. The third-order valence-corrected chi connectivity index (χ3v) is 4.68. The van der Waals surface area contributed by atoms with E-state index in [1.165, 1.54) is 30.0 Å². The third-order valence-electron chi connectivity index (χ3n) is 3.47. The molecule has 4 rings (SSSR count). The highest BCUT2D eigenvalue weighted by Gasteiger charge is 2.45. The fourth-order valence-corrected chi connectivity index (χ4v) is 3.64. The number of aromatic nitrogens is 1. The van der Waals surface area contributed by atoms with Crippen molar-refractivity contribution in [1.29, 1.82) is 0 Å². The van der Waals surface area contributed by atoms with Gasteiger partial charge in [-0.25, -0.2) is 19.1 Å². The summed E-state index contributed by atoms with van der Waals surface area (Å²) in [6, 6.07) is 8.37. The molecule has 2 aromatic rings. The summed E-state index contributed by atoms with van der Waals surface area (Å²) in [5.41, 5.74) is 1.01. The SMILES string of the molecule is O=C1N=C2c3cccnc3SC2C(=O)N1c1ccccc1F. The van der Waals surface area contributed by atoms with Crippen LogP contribution in [0.3, 0.4) is 0 Å². The number of aliphatic imine (C=N–C) groups is 1. The predicted octanol–water partition coefficient (Wildman–Crippen LogP) is 2.65. The minimum atomic E-state index is -0.779. The number of thioether (sulfide) groups is 1. The lowest BCUT2D eigenvalue weighted by Crippen LogP contribution is -2.47. The number of halogens is 1. The van der Waals surface area contributed by atoms with Crippen LogP contribution >= 0.6 is 11.8 Å². The zero-order valence-corrected chi connectivity index (χ0v) is 11.9. The fraction of sp³-hybridized carbons (Fsp3) is 0.0667. The molecule has 0 fully saturated rings. The van der Waals surface area contributed by atoms with Crippen molar-refractivity contribution in [1.82, 2.24) is 4.98 Å². The van der Waals surface area contributed by atoms with Crippen molar-refractivity contribution in [3.8, 4) is 0 Å². The summed E-state index contributed by atoms with van der Waals surface area (Å²) in [6.45, 7) is 0. The number of amides is 3. The molecule has 3 amide bonds. The van der Waals surface area contributed by atoms with Crippen molar-refractivity contribution in [2.24, 2.45) is 4.99 Å². The number of fused-ring (bicyclic) bond motifs is 3. The number of hydrogen-bond acceptors (Lipinski definition) is 4. The topological polar surface area (TPSA) is 62.6 Å². The van der Waals surface area contributed by atoms with Crippen LogP contribution in [0.5, 0.6) is 0 Å². The maximum Gasteiger partial charge on any atom is 0.355 e. The molecule has 5 nitrogen and oxygen atoms in total. The molecule has 0 bridgehead atoms. The number of carbonyl (C=O) groups is 2. The summed E-state index contributed by atoms with van der Waals surface area (Å²) in [4.78, 5) is 33.8. The molecule has 0 radical (unpaired) electrons. The van der Waals surface area contributed by atoms with Crippen molar-refractivity contribution < 1.29 is 14.0 Å². The Bertz CT molecular complexity index is 852. The number of rotatable bonds is 1. The van der Waals surface area contributed by atoms with Gasteiger partial charge in [-0.1, -0.05) is 23.9 Å². The maximum absolute atomic E-state index is 13.9. The molecule has 0 aliphatic carbocycles. The first-order chi connectivity index (χ1) is 10.7. The fourth-order valence-electron chi connectivity index (χ4n) is 2.49. The van der Waals surface area contributed by atoms with E-state index in [0.29, 0.717) is 16.3 Å². The van der Waals surface area contributed by atoms with E-state index >= 15 is 0 Å². The van der Waals surface area contributed by atoms with Gasteiger partial charge in [0.2, 0.25) is 0 Å². The molecular formula is C15H8FN3O2S. The number of pyridine rings is 1. The van der Waals surface area contributed by atoms with Gasteiger partial charge in [-0.05, 0) is 24.3 Å². The molecule has 7 heteroatoms. The molecule has 1 unspecified atom stereocenters. The second-order valence-corrected chi connectivity index (χ2v) is 5.85.